The summed E-state index contributed by atoms with van der Waals surface area (Å²) in [6.07, 6.45) is 2.14. The Morgan fingerprint density at radius 3 is 2.88 bits per heavy atom. The lowest BCUT2D eigenvalue weighted by molar-refractivity contribution is 0.0668. The second-order valence-electron chi connectivity index (χ2n) is 3.97. The van der Waals surface area contributed by atoms with Gasteiger partial charge in [-0.25, -0.2) is 4.98 Å². The standard InChI is InChI=1S/C10H16N4O2/c1-7-11-9(13-12-7)10(15)14(5-6-16-2)8-3-4-8/h8H,3-6H2,1-2H3,(H,11,12,13). The Labute approximate surface area is 94.0 Å². The van der Waals surface area contributed by atoms with E-state index in [4.69, 9.17) is 4.74 Å². The van der Waals surface area contributed by atoms with Gasteiger partial charge < -0.3 is 9.64 Å². The molecule has 1 heterocycles. The molecule has 0 aromatic carbocycles. The molecule has 1 aromatic heterocycles. The number of carbonyl (C=O) groups excluding carboxylic acids is 1. The predicted molar refractivity (Wildman–Crippen MR) is 57.1 cm³/mol. The summed E-state index contributed by atoms with van der Waals surface area (Å²) >= 11 is 0. The van der Waals surface area contributed by atoms with Crippen LogP contribution < -0.4 is 0 Å². The Morgan fingerprint density at radius 2 is 2.38 bits per heavy atom. The number of aromatic nitrogens is 3. The molecule has 1 aliphatic carbocycles. The first-order chi connectivity index (χ1) is 7.72. The zero-order valence-corrected chi connectivity index (χ0v) is 9.56. The molecule has 6 heteroatoms. The Bertz CT molecular complexity index is 373. The number of aryl methyl sites for hydroxylation is 1. The van der Waals surface area contributed by atoms with Crippen molar-refractivity contribution in [1.29, 1.82) is 0 Å². The lowest BCUT2D eigenvalue weighted by atomic mass is 10.4. The number of rotatable bonds is 5. The van der Waals surface area contributed by atoms with Gasteiger partial charge in [-0.1, -0.05) is 0 Å². The zero-order valence-electron chi connectivity index (χ0n) is 9.56. The van der Waals surface area contributed by atoms with Crippen molar-refractivity contribution in [2.75, 3.05) is 20.3 Å². The summed E-state index contributed by atoms with van der Waals surface area (Å²) in [5.74, 6) is 0.801. The van der Waals surface area contributed by atoms with Crippen LogP contribution in [0.5, 0.6) is 0 Å². The van der Waals surface area contributed by atoms with Crippen LogP contribution in [0.1, 0.15) is 29.3 Å². The highest BCUT2D eigenvalue weighted by Gasteiger charge is 2.34. The summed E-state index contributed by atoms with van der Waals surface area (Å²) in [6.45, 7) is 2.93. The number of H-pyrrole nitrogens is 1. The fraction of sp³-hybridized carbons (Fsp3) is 0.700. The Kier molecular flexibility index (Phi) is 3.19. The quantitative estimate of drug-likeness (QED) is 0.784. The molecular formula is C10H16N4O2. The molecule has 0 unspecified atom stereocenters. The minimum atomic E-state index is -0.107. The molecule has 1 fully saturated rings. The molecule has 1 aliphatic rings. The molecule has 88 valence electrons. The van der Waals surface area contributed by atoms with Gasteiger partial charge in [0.25, 0.3) is 5.91 Å². The Morgan fingerprint density at radius 1 is 1.62 bits per heavy atom. The third kappa shape index (κ3) is 2.38. The van der Waals surface area contributed by atoms with E-state index in [0.717, 1.165) is 12.8 Å². The van der Waals surface area contributed by atoms with Gasteiger partial charge in [-0.15, -0.1) is 5.10 Å². The molecule has 0 bridgehead atoms. The van der Waals surface area contributed by atoms with Crippen LogP contribution in [0, 0.1) is 6.92 Å². The van der Waals surface area contributed by atoms with Crippen LogP contribution in [0.25, 0.3) is 0 Å². The van der Waals surface area contributed by atoms with Crippen molar-refractivity contribution < 1.29 is 9.53 Å². The van der Waals surface area contributed by atoms with Gasteiger partial charge in [0.05, 0.1) is 6.61 Å². The maximum absolute atomic E-state index is 12.1. The molecule has 6 nitrogen and oxygen atoms in total. The summed E-state index contributed by atoms with van der Waals surface area (Å²) in [4.78, 5) is 17.9. The SMILES string of the molecule is COCCN(C(=O)c1n[nH]c(C)n1)C1CC1. The molecule has 1 N–H and O–H groups in total. The number of methoxy groups -OCH3 is 1. The summed E-state index contributed by atoms with van der Waals surface area (Å²) in [5.41, 5.74) is 0. The summed E-state index contributed by atoms with van der Waals surface area (Å²) < 4.78 is 5.00. The number of hydrogen-bond acceptors (Lipinski definition) is 4. The summed E-state index contributed by atoms with van der Waals surface area (Å²) in [6, 6.07) is 0.349. The van der Waals surface area contributed by atoms with Crippen molar-refractivity contribution >= 4 is 5.91 Å². The molecule has 0 radical (unpaired) electrons. The maximum atomic E-state index is 12.1. The van der Waals surface area contributed by atoms with Crippen molar-refractivity contribution in [3.8, 4) is 0 Å². The van der Waals surface area contributed by atoms with Gasteiger partial charge in [-0.05, 0) is 19.8 Å². The molecule has 1 amide bonds. The number of nitrogens with one attached hydrogen (secondary N) is 1. The molecular weight excluding hydrogens is 208 g/mol. The van der Waals surface area contributed by atoms with Crippen molar-refractivity contribution in [3.05, 3.63) is 11.6 Å². The van der Waals surface area contributed by atoms with Gasteiger partial charge in [0, 0.05) is 19.7 Å². The van der Waals surface area contributed by atoms with Crippen LogP contribution in [-0.2, 0) is 4.74 Å². The Balaban J connectivity index is 2.04. The number of nitrogens with zero attached hydrogens (tertiary/aromatic N) is 3. The van der Waals surface area contributed by atoms with Crippen LogP contribution in [0.15, 0.2) is 0 Å². The first-order valence-electron chi connectivity index (χ1n) is 5.41. The maximum Gasteiger partial charge on any atom is 0.293 e. The molecule has 0 atom stereocenters. The minimum absolute atomic E-state index is 0.107. The predicted octanol–water partition coefficient (Wildman–Crippen LogP) is 0.364. The van der Waals surface area contributed by atoms with E-state index in [2.05, 4.69) is 15.2 Å². The van der Waals surface area contributed by atoms with Crippen molar-refractivity contribution in [3.63, 3.8) is 0 Å². The van der Waals surface area contributed by atoms with Gasteiger partial charge in [-0.3, -0.25) is 9.89 Å². The average Bonchev–Trinajstić information content (AvgIpc) is 3.01. The third-order valence-corrected chi connectivity index (χ3v) is 2.57. The smallest absolute Gasteiger partial charge is 0.293 e. The highest BCUT2D eigenvalue weighted by Crippen LogP contribution is 2.27. The molecule has 1 aromatic rings. The van der Waals surface area contributed by atoms with E-state index >= 15 is 0 Å². The van der Waals surface area contributed by atoms with Crippen LogP contribution in [-0.4, -0.2) is 52.3 Å². The fourth-order valence-corrected chi connectivity index (χ4v) is 1.59. The molecule has 1 saturated carbocycles. The van der Waals surface area contributed by atoms with Crippen molar-refractivity contribution in [2.24, 2.45) is 0 Å². The van der Waals surface area contributed by atoms with E-state index in [1.807, 2.05) is 0 Å². The van der Waals surface area contributed by atoms with Crippen LogP contribution in [0.4, 0.5) is 0 Å². The van der Waals surface area contributed by atoms with E-state index < -0.39 is 0 Å². The third-order valence-electron chi connectivity index (χ3n) is 2.57. The largest absolute Gasteiger partial charge is 0.383 e. The zero-order chi connectivity index (χ0) is 11.5. The highest BCUT2D eigenvalue weighted by atomic mass is 16.5. The topological polar surface area (TPSA) is 71.1 Å². The van der Waals surface area contributed by atoms with Gasteiger partial charge >= 0.3 is 0 Å². The second-order valence-corrected chi connectivity index (χ2v) is 3.97. The van der Waals surface area contributed by atoms with Crippen LogP contribution in [0.3, 0.4) is 0 Å². The average molecular weight is 224 g/mol. The first kappa shape index (κ1) is 11.1. The minimum Gasteiger partial charge on any atom is -0.383 e. The first-order valence-corrected chi connectivity index (χ1v) is 5.41. The van der Waals surface area contributed by atoms with E-state index in [9.17, 15) is 4.79 Å². The van der Waals surface area contributed by atoms with Crippen LogP contribution >= 0.6 is 0 Å². The highest BCUT2D eigenvalue weighted by molar-refractivity contribution is 5.90. The number of aromatic amines is 1. The number of hydrogen-bond donors (Lipinski definition) is 1. The van der Waals surface area contributed by atoms with Crippen molar-refractivity contribution in [2.45, 2.75) is 25.8 Å². The number of ether oxygens (including phenoxy) is 1. The number of carbonyl (C=O) groups is 1. The van der Waals surface area contributed by atoms with Gasteiger partial charge in [-0.2, -0.15) is 0 Å². The normalized spacial score (nSPS) is 15.1. The summed E-state index contributed by atoms with van der Waals surface area (Å²) in [7, 11) is 1.63. The van der Waals surface area contributed by atoms with E-state index in [1.54, 1.807) is 18.9 Å². The van der Waals surface area contributed by atoms with Crippen LogP contribution in [0.2, 0.25) is 0 Å². The fourth-order valence-electron chi connectivity index (χ4n) is 1.59. The van der Waals surface area contributed by atoms with E-state index in [1.165, 1.54) is 0 Å². The lowest BCUT2D eigenvalue weighted by Gasteiger charge is -2.20. The van der Waals surface area contributed by atoms with E-state index in [0.29, 0.717) is 25.0 Å². The van der Waals surface area contributed by atoms with E-state index in [-0.39, 0.29) is 11.7 Å². The second kappa shape index (κ2) is 4.61. The van der Waals surface area contributed by atoms with Crippen molar-refractivity contribution in [1.82, 2.24) is 20.1 Å². The monoisotopic (exact) mass is 224 g/mol. The Hall–Kier alpha value is -1.43. The molecule has 2 rings (SSSR count). The van der Waals surface area contributed by atoms with Gasteiger partial charge in [0.15, 0.2) is 0 Å². The summed E-state index contributed by atoms with van der Waals surface area (Å²) in [5, 5.41) is 6.57. The molecule has 16 heavy (non-hydrogen) atoms. The molecule has 0 saturated heterocycles. The number of amides is 1. The molecule has 0 aliphatic heterocycles. The van der Waals surface area contributed by atoms with Gasteiger partial charge in [0.1, 0.15) is 5.82 Å². The van der Waals surface area contributed by atoms with Gasteiger partial charge in [0.2, 0.25) is 5.82 Å². The molecule has 0 spiro atoms. The lowest BCUT2D eigenvalue weighted by Crippen LogP contribution is -2.36.